The topological polar surface area (TPSA) is 91.2 Å². The van der Waals surface area contributed by atoms with Gasteiger partial charge in [0.25, 0.3) is 0 Å². The van der Waals surface area contributed by atoms with Crippen molar-refractivity contribution in [2.75, 3.05) is 12.3 Å². The molecule has 82 valence electrons. The number of esters is 1. The number of pyridine rings is 1. The predicted molar refractivity (Wildman–Crippen MR) is 57.0 cm³/mol. The second-order valence-corrected chi connectivity index (χ2v) is 3.14. The lowest BCUT2D eigenvalue weighted by atomic mass is 10.1. The van der Waals surface area contributed by atoms with Crippen molar-refractivity contribution in [3.8, 4) is 0 Å². The minimum atomic E-state index is -0.684. The summed E-state index contributed by atoms with van der Waals surface area (Å²) in [6, 6.07) is 0.990. The lowest BCUT2D eigenvalue weighted by molar-refractivity contribution is -0.144. The first kappa shape index (κ1) is 11.5. The fraction of sp³-hybridized carbons (Fsp3) is 0.400. The number of nitrogen functional groups attached to an aromatic ring is 1. The zero-order valence-electron chi connectivity index (χ0n) is 8.64. The monoisotopic (exact) mass is 209 g/mol. The number of nitrogens with two attached hydrogens (primary N) is 2. The molecule has 5 heteroatoms. The van der Waals surface area contributed by atoms with Crippen LogP contribution >= 0.6 is 0 Å². The van der Waals surface area contributed by atoms with Gasteiger partial charge in [0, 0.05) is 24.5 Å². The molecule has 5 nitrogen and oxygen atoms in total. The molecule has 1 atom stereocenters. The average molecular weight is 209 g/mol. The van der Waals surface area contributed by atoms with Crippen LogP contribution in [0, 0.1) is 0 Å². The van der Waals surface area contributed by atoms with E-state index in [9.17, 15) is 4.79 Å². The van der Waals surface area contributed by atoms with Gasteiger partial charge in [-0.3, -0.25) is 9.78 Å². The molecule has 1 unspecified atom stereocenters. The van der Waals surface area contributed by atoms with E-state index < -0.39 is 12.0 Å². The average Bonchev–Trinajstić information content (AvgIpc) is 2.21. The number of nitrogens with zero attached hydrogens (tertiary/aromatic N) is 1. The third-order valence-electron chi connectivity index (χ3n) is 1.97. The van der Waals surface area contributed by atoms with Gasteiger partial charge in [-0.15, -0.1) is 0 Å². The summed E-state index contributed by atoms with van der Waals surface area (Å²) in [6.07, 6.45) is 3.54. The molecular formula is C10H15N3O2. The Balaban J connectivity index is 2.62. The van der Waals surface area contributed by atoms with Crippen LogP contribution in [0.5, 0.6) is 0 Å². The van der Waals surface area contributed by atoms with E-state index in [4.69, 9.17) is 16.2 Å². The maximum atomic E-state index is 11.3. The number of aromatic nitrogens is 1. The van der Waals surface area contributed by atoms with Crippen molar-refractivity contribution in [3.05, 3.63) is 24.0 Å². The van der Waals surface area contributed by atoms with Gasteiger partial charge in [-0.25, -0.2) is 0 Å². The lowest BCUT2D eigenvalue weighted by Crippen LogP contribution is -2.34. The van der Waals surface area contributed by atoms with E-state index in [0.29, 0.717) is 18.7 Å². The van der Waals surface area contributed by atoms with Gasteiger partial charge in [-0.05, 0) is 18.6 Å². The van der Waals surface area contributed by atoms with Gasteiger partial charge in [0.15, 0.2) is 0 Å². The molecule has 0 saturated carbocycles. The van der Waals surface area contributed by atoms with Crippen LogP contribution < -0.4 is 11.5 Å². The molecule has 0 amide bonds. The van der Waals surface area contributed by atoms with Crippen LogP contribution in [0.2, 0.25) is 0 Å². The Morgan fingerprint density at radius 3 is 3.00 bits per heavy atom. The molecule has 1 rings (SSSR count). The zero-order chi connectivity index (χ0) is 11.3. The smallest absolute Gasteiger partial charge is 0.323 e. The molecule has 0 aliphatic rings. The van der Waals surface area contributed by atoms with E-state index in [2.05, 4.69) is 4.98 Å². The summed E-state index contributed by atoms with van der Waals surface area (Å²) in [5.74, 6) is -0.416. The highest BCUT2D eigenvalue weighted by Gasteiger charge is 2.16. The number of ether oxygens (including phenoxy) is 1. The van der Waals surface area contributed by atoms with Crippen LogP contribution in [0.4, 0.5) is 5.69 Å². The Labute approximate surface area is 88.4 Å². The molecule has 0 saturated heterocycles. The molecule has 4 N–H and O–H groups in total. The highest BCUT2D eigenvalue weighted by molar-refractivity contribution is 5.76. The summed E-state index contributed by atoms with van der Waals surface area (Å²) < 4.78 is 4.79. The third-order valence-corrected chi connectivity index (χ3v) is 1.97. The first-order chi connectivity index (χ1) is 7.15. The highest BCUT2D eigenvalue weighted by Crippen LogP contribution is 2.10. The molecule has 1 aromatic rings. The van der Waals surface area contributed by atoms with Crippen molar-refractivity contribution in [1.82, 2.24) is 4.98 Å². The summed E-state index contributed by atoms with van der Waals surface area (Å²) in [7, 11) is 0. The van der Waals surface area contributed by atoms with Crippen LogP contribution in [0.1, 0.15) is 12.5 Å². The maximum Gasteiger partial charge on any atom is 0.323 e. The third kappa shape index (κ3) is 3.21. The first-order valence-corrected chi connectivity index (χ1v) is 4.75. The Morgan fingerprint density at radius 2 is 2.40 bits per heavy atom. The van der Waals surface area contributed by atoms with Gasteiger partial charge < -0.3 is 16.2 Å². The van der Waals surface area contributed by atoms with Gasteiger partial charge in [0.1, 0.15) is 6.04 Å². The quantitative estimate of drug-likeness (QED) is 0.686. The van der Waals surface area contributed by atoms with Gasteiger partial charge >= 0.3 is 5.97 Å². The number of hydrogen-bond donors (Lipinski definition) is 2. The summed E-state index contributed by atoms with van der Waals surface area (Å²) in [5, 5.41) is 0. The van der Waals surface area contributed by atoms with Gasteiger partial charge in [0.2, 0.25) is 0 Å². The van der Waals surface area contributed by atoms with Gasteiger partial charge in [-0.2, -0.15) is 0 Å². The fourth-order valence-corrected chi connectivity index (χ4v) is 1.18. The van der Waals surface area contributed by atoms with Crippen molar-refractivity contribution in [3.63, 3.8) is 0 Å². The molecular weight excluding hydrogens is 194 g/mol. The standard InChI is InChI=1S/C10H15N3O2/c1-2-15-10(14)9(12)5-7-6-13-4-3-8(7)11/h3-4,6,9H,2,5,12H2,1H3,(H2,11,13). The Bertz CT molecular complexity index is 341. The molecule has 1 aromatic heterocycles. The van der Waals surface area contributed by atoms with Crippen molar-refractivity contribution < 1.29 is 9.53 Å². The van der Waals surface area contributed by atoms with Crippen LogP contribution in [0.3, 0.4) is 0 Å². The maximum absolute atomic E-state index is 11.3. The van der Waals surface area contributed by atoms with Crippen LogP contribution in [-0.4, -0.2) is 23.6 Å². The fourth-order valence-electron chi connectivity index (χ4n) is 1.18. The molecule has 0 fully saturated rings. The molecule has 0 aromatic carbocycles. The first-order valence-electron chi connectivity index (χ1n) is 4.75. The second-order valence-electron chi connectivity index (χ2n) is 3.14. The van der Waals surface area contributed by atoms with Crippen molar-refractivity contribution in [2.24, 2.45) is 5.73 Å². The van der Waals surface area contributed by atoms with E-state index in [1.54, 1.807) is 25.4 Å². The minimum Gasteiger partial charge on any atom is -0.465 e. The van der Waals surface area contributed by atoms with E-state index >= 15 is 0 Å². The van der Waals surface area contributed by atoms with E-state index in [0.717, 1.165) is 5.56 Å². The van der Waals surface area contributed by atoms with Crippen LogP contribution in [0.15, 0.2) is 18.5 Å². The van der Waals surface area contributed by atoms with Crippen molar-refractivity contribution in [2.45, 2.75) is 19.4 Å². The summed E-state index contributed by atoms with van der Waals surface area (Å²) >= 11 is 0. The number of carbonyl (C=O) groups excluding carboxylic acids is 1. The molecule has 0 radical (unpaired) electrons. The Hall–Kier alpha value is -1.62. The molecule has 0 spiro atoms. The van der Waals surface area contributed by atoms with Crippen LogP contribution in [-0.2, 0) is 16.0 Å². The molecule has 15 heavy (non-hydrogen) atoms. The summed E-state index contributed by atoms with van der Waals surface area (Å²) in [6.45, 7) is 2.07. The van der Waals surface area contributed by atoms with Crippen molar-refractivity contribution >= 4 is 11.7 Å². The van der Waals surface area contributed by atoms with E-state index in [1.165, 1.54) is 0 Å². The SMILES string of the molecule is CCOC(=O)C(N)Cc1cnccc1N. The summed E-state index contributed by atoms with van der Waals surface area (Å²) in [5.41, 5.74) is 12.7. The molecule has 0 aliphatic heterocycles. The van der Waals surface area contributed by atoms with Gasteiger partial charge in [-0.1, -0.05) is 0 Å². The predicted octanol–water partition coefficient (Wildman–Crippen LogP) is 0.0967. The molecule has 0 bridgehead atoms. The lowest BCUT2D eigenvalue weighted by Gasteiger charge is -2.11. The normalized spacial score (nSPS) is 12.1. The van der Waals surface area contributed by atoms with Crippen molar-refractivity contribution in [1.29, 1.82) is 0 Å². The highest BCUT2D eigenvalue weighted by atomic mass is 16.5. The number of hydrogen-bond acceptors (Lipinski definition) is 5. The Morgan fingerprint density at radius 1 is 1.67 bits per heavy atom. The Kier molecular flexibility index (Phi) is 4.05. The molecule has 1 heterocycles. The van der Waals surface area contributed by atoms with E-state index in [1.807, 2.05) is 0 Å². The second kappa shape index (κ2) is 5.31. The van der Waals surface area contributed by atoms with Crippen LogP contribution in [0.25, 0.3) is 0 Å². The van der Waals surface area contributed by atoms with E-state index in [-0.39, 0.29) is 0 Å². The van der Waals surface area contributed by atoms with Gasteiger partial charge in [0.05, 0.1) is 6.61 Å². The number of rotatable bonds is 4. The number of carbonyl (C=O) groups is 1. The number of anilines is 1. The zero-order valence-corrected chi connectivity index (χ0v) is 8.64. The summed E-state index contributed by atoms with van der Waals surface area (Å²) in [4.78, 5) is 15.2. The largest absolute Gasteiger partial charge is 0.465 e. The minimum absolute atomic E-state index is 0.328. The molecule has 0 aliphatic carbocycles.